The van der Waals surface area contributed by atoms with Gasteiger partial charge in [0, 0.05) is 5.54 Å². The van der Waals surface area contributed by atoms with Crippen LogP contribution in [0.2, 0.25) is 19.6 Å². The Morgan fingerprint density at radius 3 is 1.77 bits per heavy atom. The van der Waals surface area contributed by atoms with E-state index in [1.54, 1.807) is 24.3 Å². The summed E-state index contributed by atoms with van der Waals surface area (Å²) < 4.78 is 0. The molecular formula is C20H22N2O3Si. The summed E-state index contributed by atoms with van der Waals surface area (Å²) in [4.78, 5) is 39.4. The standard InChI is InChI=1S/C20H22N2O3Si/c1-26(2,3)17(13-9-5-4-6-10-13)16(18(21)23)22-19(24)14-11-7-8-12-15(14)20(22)25/h4-12,16-17H,1-3H3,(H2,21,23)/t16-,17+/m0/s1. The number of rotatable bonds is 5. The van der Waals surface area contributed by atoms with Crippen molar-refractivity contribution in [2.45, 2.75) is 31.2 Å². The number of amides is 3. The summed E-state index contributed by atoms with van der Waals surface area (Å²) in [5, 5.41) is 0. The van der Waals surface area contributed by atoms with Crippen molar-refractivity contribution in [3.8, 4) is 0 Å². The van der Waals surface area contributed by atoms with Gasteiger partial charge in [-0.1, -0.05) is 62.1 Å². The normalized spacial score (nSPS) is 16.3. The Hall–Kier alpha value is -2.73. The third-order valence-corrected chi connectivity index (χ3v) is 7.32. The number of imide groups is 1. The maximum Gasteiger partial charge on any atom is 0.262 e. The molecule has 2 aromatic rings. The van der Waals surface area contributed by atoms with Gasteiger partial charge in [-0.3, -0.25) is 19.3 Å². The van der Waals surface area contributed by atoms with E-state index < -0.39 is 31.8 Å². The molecule has 6 heteroatoms. The van der Waals surface area contributed by atoms with Gasteiger partial charge in [-0.15, -0.1) is 0 Å². The SMILES string of the molecule is C[Si](C)(C)[C@H](c1ccccc1)[C@@H](C(N)=O)N1C(=O)c2ccccc2C1=O. The van der Waals surface area contributed by atoms with Crippen molar-refractivity contribution < 1.29 is 14.4 Å². The van der Waals surface area contributed by atoms with E-state index >= 15 is 0 Å². The fourth-order valence-electron chi connectivity index (χ4n) is 3.72. The van der Waals surface area contributed by atoms with E-state index in [4.69, 9.17) is 5.73 Å². The van der Waals surface area contributed by atoms with Gasteiger partial charge in [0.2, 0.25) is 5.91 Å². The molecule has 0 fully saturated rings. The number of nitrogens with two attached hydrogens (primary N) is 1. The van der Waals surface area contributed by atoms with Crippen LogP contribution < -0.4 is 5.73 Å². The van der Waals surface area contributed by atoms with Crippen LogP contribution in [0.4, 0.5) is 0 Å². The number of hydrogen-bond donors (Lipinski definition) is 1. The highest BCUT2D eigenvalue weighted by Crippen LogP contribution is 2.36. The molecule has 0 saturated carbocycles. The highest BCUT2D eigenvalue weighted by atomic mass is 28.3. The van der Waals surface area contributed by atoms with Gasteiger partial charge in [0.25, 0.3) is 11.8 Å². The molecule has 1 heterocycles. The minimum atomic E-state index is -2.03. The van der Waals surface area contributed by atoms with Crippen molar-refractivity contribution >= 4 is 25.8 Å². The van der Waals surface area contributed by atoms with Crippen LogP contribution in [0, 0.1) is 0 Å². The lowest BCUT2D eigenvalue weighted by Gasteiger charge is -2.38. The molecule has 134 valence electrons. The molecule has 0 radical (unpaired) electrons. The molecule has 26 heavy (non-hydrogen) atoms. The number of fused-ring (bicyclic) bond motifs is 1. The number of primary amides is 1. The summed E-state index contributed by atoms with van der Waals surface area (Å²) in [6.07, 6.45) is 0. The molecule has 3 rings (SSSR count). The lowest BCUT2D eigenvalue weighted by molar-refractivity contribution is -0.122. The van der Waals surface area contributed by atoms with E-state index in [-0.39, 0.29) is 5.54 Å². The summed E-state index contributed by atoms with van der Waals surface area (Å²) >= 11 is 0. The predicted molar refractivity (Wildman–Crippen MR) is 102 cm³/mol. The maximum atomic E-state index is 12.9. The quantitative estimate of drug-likeness (QED) is 0.653. The largest absolute Gasteiger partial charge is 0.368 e. The first kappa shape index (κ1) is 18.1. The van der Waals surface area contributed by atoms with E-state index in [0.29, 0.717) is 11.1 Å². The van der Waals surface area contributed by atoms with E-state index in [0.717, 1.165) is 10.5 Å². The van der Waals surface area contributed by atoms with Crippen LogP contribution in [-0.4, -0.2) is 36.7 Å². The van der Waals surface area contributed by atoms with Crippen molar-refractivity contribution in [3.63, 3.8) is 0 Å². The molecule has 0 unspecified atom stereocenters. The first-order valence-electron chi connectivity index (χ1n) is 8.54. The van der Waals surface area contributed by atoms with Gasteiger partial charge in [-0.05, 0) is 17.7 Å². The van der Waals surface area contributed by atoms with Crippen LogP contribution in [-0.2, 0) is 4.79 Å². The summed E-state index contributed by atoms with van der Waals surface area (Å²) in [7, 11) is -2.03. The molecule has 0 bridgehead atoms. The van der Waals surface area contributed by atoms with Crippen molar-refractivity contribution in [2.24, 2.45) is 5.73 Å². The minimum Gasteiger partial charge on any atom is -0.368 e. The van der Waals surface area contributed by atoms with Gasteiger partial charge in [0.15, 0.2) is 0 Å². The second-order valence-corrected chi connectivity index (χ2v) is 13.0. The van der Waals surface area contributed by atoms with E-state index in [2.05, 4.69) is 19.6 Å². The Bertz CT molecular complexity index is 839. The van der Waals surface area contributed by atoms with Crippen molar-refractivity contribution in [3.05, 3.63) is 71.3 Å². The first-order chi connectivity index (χ1) is 12.2. The Balaban J connectivity index is 2.14. The molecule has 1 aliphatic heterocycles. The van der Waals surface area contributed by atoms with Crippen molar-refractivity contribution in [1.82, 2.24) is 4.90 Å². The summed E-state index contributed by atoms with van der Waals surface area (Å²) in [5.74, 6) is -1.56. The summed E-state index contributed by atoms with van der Waals surface area (Å²) in [5.41, 5.74) is 7.03. The van der Waals surface area contributed by atoms with Gasteiger partial charge < -0.3 is 5.73 Å². The average molecular weight is 366 g/mol. The van der Waals surface area contributed by atoms with Crippen LogP contribution in [0.3, 0.4) is 0 Å². The van der Waals surface area contributed by atoms with Gasteiger partial charge in [0.1, 0.15) is 6.04 Å². The number of benzene rings is 2. The topological polar surface area (TPSA) is 80.5 Å². The van der Waals surface area contributed by atoms with Gasteiger partial charge >= 0.3 is 0 Å². The molecule has 0 saturated heterocycles. The summed E-state index contributed by atoms with van der Waals surface area (Å²) in [6, 6.07) is 15.2. The second-order valence-electron chi connectivity index (χ2n) is 7.63. The van der Waals surface area contributed by atoms with Gasteiger partial charge in [0.05, 0.1) is 19.2 Å². The lowest BCUT2D eigenvalue weighted by Crippen LogP contribution is -2.56. The molecule has 2 N–H and O–H groups in total. The number of hydrogen-bond acceptors (Lipinski definition) is 3. The highest BCUT2D eigenvalue weighted by Gasteiger charge is 2.49. The zero-order valence-corrected chi connectivity index (χ0v) is 16.1. The smallest absolute Gasteiger partial charge is 0.262 e. The molecule has 2 atom stereocenters. The molecule has 0 aromatic heterocycles. The molecule has 2 aromatic carbocycles. The van der Waals surface area contributed by atoms with Gasteiger partial charge in [-0.25, -0.2) is 0 Å². The van der Waals surface area contributed by atoms with Crippen LogP contribution in [0.15, 0.2) is 54.6 Å². The summed E-state index contributed by atoms with van der Waals surface area (Å²) in [6.45, 7) is 6.33. The number of carbonyl (C=O) groups is 3. The zero-order valence-electron chi connectivity index (χ0n) is 15.1. The minimum absolute atomic E-state index is 0.289. The monoisotopic (exact) mass is 366 g/mol. The first-order valence-corrected chi connectivity index (χ1v) is 12.1. The molecule has 1 aliphatic rings. The number of nitrogens with zero attached hydrogens (tertiary/aromatic N) is 1. The van der Waals surface area contributed by atoms with E-state index in [1.165, 1.54) is 0 Å². The Morgan fingerprint density at radius 2 is 1.35 bits per heavy atom. The van der Waals surface area contributed by atoms with Crippen molar-refractivity contribution in [2.75, 3.05) is 0 Å². The zero-order chi connectivity index (χ0) is 19.1. The Morgan fingerprint density at radius 1 is 0.885 bits per heavy atom. The Kier molecular flexibility index (Phi) is 4.54. The van der Waals surface area contributed by atoms with Crippen molar-refractivity contribution in [1.29, 1.82) is 0 Å². The van der Waals surface area contributed by atoms with Crippen LogP contribution in [0.5, 0.6) is 0 Å². The van der Waals surface area contributed by atoms with Crippen LogP contribution in [0.25, 0.3) is 0 Å². The molecule has 0 spiro atoms. The van der Waals surface area contributed by atoms with Crippen LogP contribution >= 0.6 is 0 Å². The third-order valence-electron chi connectivity index (χ3n) is 4.80. The fourth-order valence-corrected chi connectivity index (χ4v) is 6.17. The van der Waals surface area contributed by atoms with E-state index in [9.17, 15) is 14.4 Å². The second kappa shape index (κ2) is 6.53. The molecule has 0 aliphatic carbocycles. The maximum absolute atomic E-state index is 12.9. The molecular weight excluding hydrogens is 344 g/mol. The molecule has 3 amide bonds. The average Bonchev–Trinajstić information content (AvgIpc) is 2.84. The fraction of sp³-hybridized carbons (Fsp3) is 0.250. The highest BCUT2D eigenvalue weighted by molar-refractivity contribution is 6.78. The number of carbonyl (C=O) groups excluding carboxylic acids is 3. The van der Waals surface area contributed by atoms with Gasteiger partial charge in [-0.2, -0.15) is 0 Å². The third kappa shape index (κ3) is 2.97. The molecule has 5 nitrogen and oxygen atoms in total. The Labute approximate surface area is 153 Å². The lowest BCUT2D eigenvalue weighted by atomic mass is 10.0. The van der Waals surface area contributed by atoms with E-state index in [1.807, 2.05) is 30.3 Å². The van der Waals surface area contributed by atoms with Crippen LogP contribution in [0.1, 0.15) is 31.8 Å². The predicted octanol–water partition coefficient (Wildman–Crippen LogP) is 2.80.